The van der Waals surface area contributed by atoms with E-state index in [0.717, 1.165) is 12.0 Å². The van der Waals surface area contributed by atoms with Gasteiger partial charge in [0.05, 0.1) is 0 Å². The number of rotatable bonds is 3. The van der Waals surface area contributed by atoms with E-state index in [1.54, 1.807) is 0 Å². The van der Waals surface area contributed by atoms with E-state index in [1.165, 1.54) is 39.0 Å². The first-order valence-electron chi connectivity index (χ1n) is 6.98. The van der Waals surface area contributed by atoms with Crippen molar-refractivity contribution in [1.82, 2.24) is 10.2 Å². The zero-order valence-corrected chi connectivity index (χ0v) is 12.2. The van der Waals surface area contributed by atoms with Crippen LogP contribution in [0.1, 0.15) is 40.5 Å². The van der Waals surface area contributed by atoms with Gasteiger partial charge in [-0.05, 0) is 46.5 Å². The van der Waals surface area contributed by atoms with Gasteiger partial charge in [-0.25, -0.2) is 0 Å². The van der Waals surface area contributed by atoms with Crippen LogP contribution < -0.4 is 5.32 Å². The van der Waals surface area contributed by atoms with Gasteiger partial charge in [0.15, 0.2) is 0 Å². The number of hydrogen-bond donors (Lipinski definition) is 1. The minimum Gasteiger partial charge on any atom is -0.462 e. The molecule has 1 heterocycles. The number of piperazine rings is 1. The summed E-state index contributed by atoms with van der Waals surface area (Å²) in [7, 11) is 0. The third-order valence-corrected chi connectivity index (χ3v) is 3.23. The zero-order chi connectivity index (χ0) is 13.6. The normalized spacial score (nSPS) is 25.0. The number of carbonyl (C=O) groups excluding carboxylic acids is 1. The van der Waals surface area contributed by atoms with Crippen LogP contribution in [-0.4, -0.2) is 49.2 Å². The summed E-state index contributed by atoms with van der Waals surface area (Å²) in [6.45, 7) is 13.3. The van der Waals surface area contributed by atoms with Crippen LogP contribution in [0.5, 0.6) is 0 Å². The summed E-state index contributed by atoms with van der Waals surface area (Å²) in [6, 6.07) is 0.768. The van der Waals surface area contributed by atoms with Gasteiger partial charge in [0, 0.05) is 32.2 Å². The standard InChI is InChI=1S/C9H18N2.C5H10O2/c1-8-6-10-4-5-11(8)7-9-2-3-9;1-5(2,3)7-4-6/h8-10H,2-7H2,1H3;4H,1-3H3/t8-;/m1./s1. The summed E-state index contributed by atoms with van der Waals surface area (Å²) >= 11 is 0. The average Bonchev–Trinajstić information content (AvgIpc) is 3.04. The van der Waals surface area contributed by atoms with Gasteiger partial charge in [-0.1, -0.05) is 0 Å². The maximum absolute atomic E-state index is 9.60. The largest absolute Gasteiger partial charge is 0.462 e. The molecule has 18 heavy (non-hydrogen) atoms. The van der Waals surface area contributed by atoms with Crippen LogP contribution in [0.4, 0.5) is 0 Å². The van der Waals surface area contributed by atoms with Crippen molar-refractivity contribution >= 4 is 6.47 Å². The molecule has 0 aromatic carbocycles. The highest BCUT2D eigenvalue weighted by Gasteiger charge is 2.27. The maximum Gasteiger partial charge on any atom is 0.293 e. The summed E-state index contributed by atoms with van der Waals surface area (Å²) in [5, 5.41) is 3.42. The van der Waals surface area contributed by atoms with Crippen LogP contribution >= 0.6 is 0 Å². The van der Waals surface area contributed by atoms with Crippen molar-refractivity contribution in [3.63, 3.8) is 0 Å². The summed E-state index contributed by atoms with van der Waals surface area (Å²) in [5.74, 6) is 1.05. The lowest BCUT2D eigenvalue weighted by molar-refractivity contribution is -0.138. The van der Waals surface area contributed by atoms with Crippen LogP contribution in [0.15, 0.2) is 0 Å². The Bertz CT molecular complexity index is 247. The fraction of sp³-hybridized carbons (Fsp3) is 0.929. The molecule has 0 bridgehead atoms. The molecular formula is C14H28N2O2. The van der Waals surface area contributed by atoms with Gasteiger partial charge in [0.2, 0.25) is 0 Å². The third kappa shape index (κ3) is 6.97. The van der Waals surface area contributed by atoms with E-state index in [1.807, 2.05) is 20.8 Å². The van der Waals surface area contributed by atoms with Crippen molar-refractivity contribution in [3.05, 3.63) is 0 Å². The molecule has 106 valence electrons. The van der Waals surface area contributed by atoms with E-state index in [0.29, 0.717) is 6.47 Å². The Morgan fingerprint density at radius 3 is 2.44 bits per heavy atom. The summed E-state index contributed by atoms with van der Waals surface area (Å²) in [6.07, 6.45) is 2.97. The molecule has 0 unspecified atom stereocenters. The van der Waals surface area contributed by atoms with E-state index in [-0.39, 0.29) is 5.60 Å². The van der Waals surface area contributed by atoms with Gasteiger partial charge in [-0.15, -0.1) is 0 Å². The van der Waals surface area contributed by atoms with E-state index in [4.69, 9.17) is 0 Å². The molecule has 2 rings (SSSR count). The van der Waals surface area contributed by atoms with E-state index < -0.39 is 0 Å². The molecule has 0 aromatic heterocycles. The average molecular weight is 256 g/mol. The molecule has 0 spiro atoms. The lowest BCUT2D eigenvalue weighted by Crippen LogP contribution is -2.50. The van der Waals surface area contributed by atoms with E-state index >= 15 is 0 Å². The molecule has 1 aliphatic carbocycles. The van der Waals surface area contributed by atoms with Crippen molar-refractivity contribution in [3.8, 4) is 0 Å². The Morgan fingerprint density at radius 1 is 1.39 bits per heavy atom. The molecule has 1 atom stereocenters. The Balaban J connectivity index is 0.000000203. The van der Waals surface area contributed by atoms with Gasteiger partial charge in [-0.3, -0.25) is 9.69 Å². The van der Waals surface area contributed by atoms with Crippen LogP contribution in [0.3, 0.4) is 0 Å². The van der Waals surface area contributed by atoms with Crippen molar-refractivity contribution in [2.75, 3.05) is 26.2 Å². The van der Waals surface area contributed by atoms with E-state index in [2.05, 4.69) is 21.9 Å². The van der Waals surface area contributed by atoms with Gasteiger partial charge >= 0.3 is 0 Å². The maximum atomic E-state index is 9.60. The number of ether oxygens (including phenoxy) is 1. The van der Waals surface area contributed by atoms with E-state index in [9.17, 15) is 4.79 Å². The predicted molar refractivity (Wildman–Crippen MR) is 73.5 cm³/mol. The first kappa shape index (κ1) is 15.4. The molecular weight excluding hydrogens is 228 g/mol. The summed E-state index contributed by atoms with van der Waals surface area (Å²) in [4.78, 5) is 12.2. The first-order valence-corrected chi connectivity index (χ1v) is 6.98. The number of carbonyl (C=O) groups is 1. The smallest absolute Gasteiger partial charge is 0.293 e. The Kier molecular flexibility index (Phi) is 6.09. The van der Waals surface area contributed by atoms with Crippen LogP contribution in [0.2, 0.25) is 0 Å². The van der Waals surface area contributed by atoms with Crippen molar-refractivity contribution in [2.45, 2.75) is 52.2 Å². The number of hydrogen-bond acceptors (Lipinski definition) is 4. The molecule has 4 nitrogen and oxygen atoms in total. The third-order valence-electron chi connectivity index (χ3n) is 3.23. The fourth-order valence-electron chi connectivity index (χ4n) is 1.93. The Hall–Kier alpha value is -0.610. The summed E-state index contributed by atoms with van der Waals surface area (Å²) in [5.41, 5.74) is -0.318. The second-order valence-electron chi connectivity index (χ2n) is 6.32. The monoisotopic (exact) mass is 256 g/mol. The van der Waals surface area contributed by atoms with Crippen LogP contribution in [0.25, 0.3) is 0 Å². The van der Waals surface area contributed by atoms with Crippen molar-refractivity contribution in [2.24, 2.45) is 5.92 Å². The molecule has 1 N–H and O–H groups in total. The molecule has 0 radical (unpaired) electrons. The van der Waals surface area contributed by atoms with Gasteiger partial charge in [0.25, 0.3) is 6.47 Å². The predicted octanol–water partition coefficient (Wildman–Crippen LogP) is 1.65. The molecule has 1 saturated carbocycles. The second kappa shape index (κ2) is 7.10. The lowest BCUT2D eigenvalue weighted by Gasteiger charge is -2.33. The molecule has 1 saturated heterocycles. The second-order valence-corrected chi connectivity index (χ2v) is 6.32. The molecule has 0 aromatic rings. The Labute approximate surface area is 111 Å². The van der Waals surface area contributed by atoms with Gasteiger partial charge in [0.1, 0.15) is 5.60 Å². The van der Waals surface area contributed by atoms with Crippen molar-refractivity contribution < 1.29 is 9.53 Å². The quantitative estimate of drug-likeness (QED) is 0.780. The highest BCUT2D eigenvalue weighted by Crippen LogP contribution is 2.30. The Morgan fingerprint density at radius 2 is 2.06 bits per heavy atom. The highest BCUT2D eigenvalue weighted by molar-refractivity contribution is 5.37. The molecule has 4 heteroatoms. The molecule has 0 amide bonds. The lowest BCUT2D eigenvalue weighted by atomic mass is 10.2. The van der Waals surface area contributed by atoms with Gasteiger partial charge in [-0.2, -0.15) is 0 Å². The molecule has 1 aliphatic heterocycles. The first-order chi connectivity index (χ1) is 8.42. The van der Waals surface area contributed by atoms with Crippen LogP contribution in [-0.2, 0) is 9.53 Å². The minimum absolute atomic E-state index is 0.318. The minimum atomic E-state index is -0.318. The van der Waals surface area contributed by atoms with Crippen LogP contribution in [0, 0.1) is 5.92 Å². The SMILES string of the molecule is CC(C)(C)OC=O.C[C@@H]1CNCCN1CC1CC1. The molecule has 2 aliphatic rings. The molecule has 2 fully saturated rings. The fourth-order valence-corrected chi connectivity index (χ4v) is 1.93. The van der Waals surface area contributed by atoms with Gasteiger partial charge < -0.3 is 10.1 Å². The highest BCUT2D eigenvalue weighted by atomic mass is 16.5. The number of nitrogens with one attached hydrogen (secondary N) is 1. The van der Waals surface area contributed by atoms with Crippen molar-refractivity contribution in [1.29, 1.82) is 0 Å². The summed E-state index contributed by atoms with van der Waals surface area (Å²) < 4.78 is 4.55. The zero-order valence-electron chi connectivity index (χ0n) is 12.2. The topological polar surface area (TPSA) is 41.6 Å². The number of nitrogens with zero attached hydrogens (tertiary/aromatic N) is 1.